The molecule has 5 heterocycles. The molecule has 4 fully saturated rings. The minimum absolute atomic E-state index is 0.216. The van der Waals surface area contributed by atoms with E-state index in [4.69, 9.17) is 5.73 Å². The van der Waals surface area contributed by atoms with Gasteiger partial charge in [-0.2, -0.15) is 0 Å². The second kappa shape index (κ2) is 6.20. The summed E-state index contributed by atoms with van der Waals surface area (Å²) in [5.74, 6) is 1.16. The van der Waals surface area contributed by atoms with Gasteiger partial charge in [-0.25, -0.2) is 0 Å². The van der Waals surface area contributed by atoms with Gasteiger partial charge >= 0.3 is 0 Å². The van der Waals surface area contributed by atoms with Crippen molar-refractivity contribution in [3.05, 3.63) is 11.9 Å². The fourth-order valence-electron chi connectivity index (χ4n) is 4.52. The Morgan fingerprint density at radius 3 is 2.78 bits per heavy atom. The van der Waals surface area contributed by atoms with Crippen molar-refractivity contribution in [2.24, 2.45) is 17.6 Å². The average Bonchev–Trinajstić information content (AvgIpc) is 3.26. The maximum Gasteiger partial charge on any atom is 0.227 e. The Labute approximate surface area is 136 Å². The first-order valence-corrected chi connectivity index (χ1v) is 8.86. The number of carbonyl (C=O) groups is 1. The van der Waals surface area contributed by atoms with Crippen LogP contribution in [-0.4, -0.2) is 62.9 Å². The number of nitrogens with zero attached hydrogens (tertiary/aromatic N) is 5. The molecule has 7 nitrogen and oxygen atoms in total. The van der Waals surface area contributed by atoms with Crippen LogP contribution in [0.15, 0.2) is 6.20 Å². The lowest BCUT2D eigenvalue weighted by Gasteiger charge is -2.49. The van der Waals surface area contributed by atoms with Gasteiger partial charge in [0.25, 0.3) is 0 Å². The molecule has 0 aromatic carbocycles. The number of amides is 1. The van der Waals surface area contributed by atoms with Gasteiger partial charge in [-0.15, -0.1) is 5.10 Å². The molecule has 126 valence electrons. The van der Waals surface area contributed by atoms with Crippen molar-refractivity contribution in [1.82, 2.24) is 24.8 Å². The van der Waals surface area contributed by atoms with Crippen LogP contribution in [0.5, 0.6) is 0 Å². The monoisotopic (exact) mass is 318 g/mol. The van der Waals surface area contributed by atoms with E-state index in [2.05, 4.69) is 20.1 Å². The predicted octanol–water partition coefficient (Wildman–Crippen LogP) is 0.0696. The zero-order chi connectivity index (χ0) is 15.8. The van der Waals surface area contributed by atoms with Crippen LogP contribution < -0.4 is 5.73 Å². The summed E-state index contributed by atoms with van der Waals surface area (Å²) in [7, 11) is 0. The molecule has 4 aliphatic rings. The van der Waals surface area contributed by atoms with Crippen LogP contribution in [0, 0.1) is 11.8 Å². The van der Waals surface area contributed by atoms with Crippen molar-refractivity contribution >= 4 is 5.91 Å². The molecule has 0 spiro atoms. The summed E-state index contributed by atoms with van der Waals surface area (Å²) in [6.07, 6.45) is 6.54. The molecule has 7 heteroatoms. The standard InChI is InChI=1S/C16H26N6O/c17-8-13-9-22(19-18-13)10-14-7-12-3-6-21(14)11-15(12)16(23)20-4-1-2-5-20/h9,12,14-15H,1-8,10-11,17H2/t12-,14+,15-/m0/s1. The zero-order valence-corrected chi connectivity index (χ0v) is 13.6. The summed E-state index contributed by atoms with van der Waals surface area (Å²) in [5, 5.41) is 8.23. The maximum absolute atomic E-state index is 12.8. The Bertz CT molecular complexity index is 567. The van der Waals surface area contributed by atoms with Gasteiger partial charge < -0.3 is 10.6 Å². The molecule has 4 saturated heterocycles. The second-order valence-corrected chi connectivity index (χ2v) is 7.21. The van der Waals surface area contributed by atoms with Gasteiger partial charge in [-0.05, 0) is 38.1 Å². The topological polar surface area (TPSA) is 80.3 Å². The van der Waals surface area contributed by atoms with Gasteiger partial charge in [0.2, 0.25) is 5.91 Å². The molecule has 2 N–H and O–H groups in total. The molecule has 1 aromatic heterocycles. The average molecular weight is 318 g/mol. The van der Waals surface area contributed by atoms with E-state index in [0.29, 0.717) is 24.4 Å². The highest BCUT2D eigenvalue weighted by atomic mass is 16.2. The minimum Gasteiger partial charge on any atom is -0.342 e. The quantitative estimate of drug-likeness (QED) is 0.850. The van der Waals surface area contributed by atoms with Crippen LogP contribution in [0.2, 0.25) is 0 Å². The fourth-order valence-corrected chi connectivity index (χ4v) is 4.52. The molecule has 1 aromatic rings. The summed E-state index contributed by atoms with van der Waals surface area (Å²) in [4.78, 5) is 17.3. The van der Waals surface area contributed by atoms with Crippen molar-refractivity contribution in [2.45, 2.75) is 44.8 Å². The first kappa shape index (κ1) is 15.1. The third-order valence-electron chi connectivity index (χ3n) is 5.81. The van der Waals surface area contributed by atoms with E-state index in [1.165, 1.54) is 12.8 Å². The molecule has 0 aliphatic carbocycles. The van der Waals surface area contributed by atoms with Crippen LogP contribution in [-0.2, 0) is 17.9 Å². The molecule has 4 aliphatic heterocycles. The smallest absolute Gasteiger partial charge is 0.227 e. The number of rotatable bonds is 4. The van der Waals surface area contributed by atoms with E-state index in [1.54, 1.807) is 0 Å². The maximum atomic E-state index is 12.8. The third-order valence-corrected chi connectivity index (χ3v) is 5.81. The Hall–Kier alpha value is -1.47. The van der Waals surface area contributed by atoms with E-state index in [0.717, 1.165) is 51.3 Å². The lowest BCUT2D eigenvalue weighted by atomic mass is 9.75. The number of carbonyl (C=O) groups excluding carboxylic acids is 1. The Balaban J connectivity index is 1.40. The third kappa shape index (κ3) is 2.87. The highest BCUT2D eigenvalue weighted by Crippen LogP contribution is 2.38. The van der Waals surface area contributed by atoms with E-state index in [-0.39, 0.29) is 5.92 Å². The van der Waals surface area contributed by atoms with E-state index in [9.17, 15) is 4.79 Å². The normalized spacial score (nSPS) is 33.3. The van der Waals surface area contributed by atoms with E-state index in [1.807, 2.05) is 10.9 Å². The lowest BCUT2D eigenvalue weighted by Crippen LogP contribution is -2.58. The Morgan fingerprint density at radius 2 is 2.13 bits per heavy atom. The second-order valence-electron chi connectivity index (χ2n) is 7.21. The first-order chi connectivity index (χ1) is 11.2. The largest absolute Gasteiger partial charge is 0.342 e. The summed E-state index contributed by atoms with van der Waals surface area (Å²) in [6, 6.07) is 0.476. The van der Waals surface area contributed by atoms with Crippen molar-refractivity contribution < 1.29 is 4.79 Å². The van der Waals surface area contributed by atoms with Gasteiger partial charge in [0.1, 0.15) is 0 Å². The molecule has 0 saturated carbocycles. The minimum atomic E-state index is 0.216. The molecule has 2 bridgehead atoms. The SMILES string of the molecule is NCc1cn(C[C@H]2C[C@@H]3CCN2C[C@@H]3C(=O)N2CCCC2)nn1. The molecule has 4 atom stereocenters. The highest BCUT2D eigenvalue weighted by Gasteiger charge is 2.44. The van der Waals surface area contributed by atoms with Crippen molar-refractivity contribution in [2.75, 3.05) is 26.2 Å². The zero-order valence-electron chi connectivity index (χ0n) is 13.6. The fraction of sp³-hybridized carbons (Fsp3) is 0.812. The number of nitrogens with two attached hydrogens (primary N) is 1. The Morgan fingerprint density at radius 1 is 1.30 bits per heavy atom. The number of aromatic nitrogens is 3. The molecular formula is C16H26N6O. The van der Waals surface area contributed by atoms with Crippen LogP contribution >= 0.6 is 0 Å². The van der Waals surface area contributed by atoms with Gasteiger partial charge in [-0.1, -0.05) is 5.21 Å². The van der Waals surface area contributed by atoms with Crippen LogP contribution in [0.25, 0.3) is 0 Å². The predicted molar refractivity (Wildman–Crippen MR) is 85.3 cm³/mol. The highest BCUT2D eigenvalue weighted by molar-refractivity contribution is 5.80. The van der Waals surface area contributed by atoms with Gasteiger partial charge in [0.15, 0.2) is 0 Å². The van der Waals surface area contributed by atoms with E-state index < -0.39 is 0 Å². The van der Waals surface area contributed by atoms with Crippen molar-refractivity contribution in [1.29, 1.82) is 0 Å². The number of hydrogen-bond donors (Lipinski definition) is 1. The number of piperidine rings is 3. The summed E-state index contributed by atoms with van der Waals surface area (Å²) in [6.45, 7) is 5.25. The molecule has 0 radical (unpaired) electrons. The number of likely N-dealkylation sites (tertiary alicyclic amines) is 1. The lowest BCUT2D eigenvalue weighted by molar-refractivity contribution is -0.142. The van der Waals surface area contributed by atoms with Gasteiger partial charge in [-0.3, -0.25) is 14.4 Å². The summed E-state index contributed by atoms with van der Waals surface area (Å²) in [5.41, 5.74) is 6.44. The molecular weight excluding hydrogens is 292 g/mol. The number of fused-ring (bicyclic) bond motifs is 3. The first-order valence-electron chi connectivity index (χ1n) is 8.86. The molecule has 1 amide bonds. The van der Waals surface area contributed by atoms with Gasteiger partial charge in [0.05, 0.1) is 18.2 Å². The van der Waals surface area contributed by atoms with E-state index >= 15 is 0 Å². The molecule has 1 unspecified atom stereocenters. The Kier molecular flexibility index (Phi) is 4.07. The van der Waals surface area contributed by atoms with Crippen molar-refractivity contribution in [3.63, 3.8) is 0 Å². The van der Waals surface area contributed by atoms with Crippen LogP contribution in [0.4, 0.5) is 0 Å². The number of hydrogen-bond acceptors (Lipinski definition) is 5. The molecule has 5 rings (SSSR count). The molecule has 23 heavy (non-hydrogen) atoms. The summed E-state index contributed by atoms with van der Waals surface area (Å²) >= 11 is 0. The van der Waals surface area contributed by atoms with Crippen LogP contribution in [0.3, 0.4) is 0 Å². The van der Waals surface area contributed by atoms with Crippen molar-refractivity contribution in [3.8, 4) is 0 Å². The summed E-state index contributed by atoms with van der Waals surface area (Å²) < 4.78 is 1.91. The van der Waals surface area contributed by atoms with Gasteiger partial charge in [0, 0.05) is 38.4 Å². The van der Waals surface area contributed by atoms with Crippen LogP contribution in [0.1, 0.15) is 31.4 Å².